The molecule has 0 spiro atoms. The molecule has 1 aliphatic rings. The summed E-state index contributed by atoms with van der Waals surface area (Å²) >= 11 is 0. The normalized spacial score (nSPS) is 14.8. The van der Waals surface area contributed by atoms with Gasteiger partial charge >= 0.3 is 0 Å². The molecule has 3 nitrogen and oxygen atoms in total. The van der Waals surface area contributed by atoms with Gasteiger partial charge in [-0.25, -0.2) is 4.39 Å². The van der Waals surface area contributed by atoms with E-state index in [4.69, 9.17) is 5.11 Å². The van der Waals surface area contributed by atoms with Crippen LogP contribution in [0.1, 0.15) is 24.0 Å². The molecule has 1 fully saturated rings. The van der Waals surface area contributed by atoms with Crippen LogP contribution in [-0.2, 0) is 13.1 Å². The van der Waals surface area contributed by atoms with Crippen LogP contribution in [0, 0.1) is 5.82 Å². The van der Waals surface area contributed by atoms with E-state index in [1.165, 1.54) is 18.9 Å². The first kappa shape index (κ1) is 15.2. The van der Waals surface area contributed by atoms with Crippen LogP contribution in [0.3, 0.4) is 0 Å². The van der Waals surface area contributed by atoms with Crippen LogP contribution in [0.2, 0.25) is 0 Å². The summed E-state index contributed by atoms with van der Waals surface area (Å²) < 4.78 is 13.9. The predicted octanol–water partition coefficient (Wildman–Crippen LogP) is 2.06. The van der Waals surface area contributed by atoms with E-state index in [0.29, 0.717) is 31.2 Å². The molecule has 0 aromatic heterocycles. The monoisotopic (exact) mass is 278 g/mol. The van der Waals surface area contributed by atoms with Gasteiger partial charge in [0.25, 0.3) is 0 Å². The molecule has 2 N–H and O–H groups in total. The molecule has 0 atom stereocenters. The summed E-state index contributed by atoms with van der Waals surface area (Å²) in [6, 6.07) is 5.93. The topological polar surface area (TPSA) is 35.5 Å². The van der Waals surface area contributed by atoms with Crippen LogP contribution in [0.25, 0.3) is 0 Å². The van der Waals surface area contributed by atoms with Gasteiger partial charge in [0.15, 0.2) is 0 Å². The van der Waals surface area contributed by atoms with Gasteiger partial charge in [-0.2, -0.15) is 0 Å². The number of hydrogen-bond acceptors (Lipinski definition) is 3. The second kappa shape index (κ2) is 7.53. The molecule has 2 rings (SSSR count). The van der Waals surface area contributed by atoms with Gasteiger partial charge < -0.3 is 10.4 Å². The first-order valence-corrected chi connectivity index (χ1v) is 7.17. The highest BCUT2D eigenvalue weighted by molar-refractivity contribution is 5.25. The highest BCUT2D eigenvalue weighted by Crippen LogP contribution is 2.20. The highest BCUT2D eigenvalue weighted by atomic mass is 19.1. The Morgan fingerprint density at radius 2 is 2.25 bits per heavy atom. The first-order valence-electron chi connectivity index (χ1n) is 7.17. The number of aliphatic hydroxyl groups excluding tert-OH is 1. The van der Waals surface area contributed by atoms with Crippen LogP contribution < -0.4 is 5.32 Å². The van der Waals surface area contributed by atoms with E-state index in [1.54, 1.807) is 6.08 Å². The molecule has 1 aliphatic carbocycles. The third-order valence-electron chi connectivity index (χ3n) is 3.48. The lowest BCUT2D eigenvalue weighted by atomic mass is 10.1. The Hall–Kier alpha value is -1.23. The van der Waals surface area contributed by atoms with Crippen LogP contribution in [-0.4, -0.2) is 35.7 Å². The van der Waals surface area contributed by atoms with Crippen molar-refractivity contribution in [3.05, 3.63) is 47.8 Å². The molecule has 110 valence electrons. The fraction of sp³-hybridized carbons (Fsp3) is 0.500. The molecule has 1 aromatic rings. The number of aliphatic hydroxyl groups is 1. The lowest BCUT2D eigenvalue weighted by Gasteiger charge is -2.20. The summed E-state index contributed by atoms with van der Waals surface area (Å²) in [5.74, 6) is -0.188. The quantitative estimate of drug-likeness (QED) is 0.679. The fourth-order valence-electron chi connectivity index (χ4n) is 2.21. The minimum absolute atomic E-state index is 0.0678. The summed E-state index contributed by atoms with van der Waals surface area (Å²) in [6.45, 7) is 6.21. The van der Waals surface area contributed by atoms with Crippen molar-refractivity contribution in [2.75, 3.05) is 19.7 Å². The van der Waals surface area contributed by atoms with Crippen molar-refractivity contribution in [2.45, 2.75) is 32.0 Å². The van der Waals surface area contributed by atoms with E-state index < -0.39 is 0 Å². The number of rotatable bonds is 9. The second-order valence-corrected chi connectivity index (χ2v) is 5.33. The second-order valence-electron chi connectivity index (χ2n) is 5.33. The van der Waals surface area contributed by atoms with Gasteiger partial charge in [0.05, 0.1) is 6.61 Å². The van der Waals surface area contributed by atoms with Crippen molar-refractivity contribution in [1.82, 2.24) is 10.2 Å². The standard InChI is InChI=1S/C16H23FN2O/c1-2-7-19(8-9-20)12-14-10-13(3-6-16(14)17)11-18-15-4-5-15/h2-3,6,10,15,18,20H,1,4-5,7-9,11-12H2. The number of halogens is 1. The molecular formula is C16H23FN2O. The minimum Gasteiger partial charge on any atom is -0.395 e. The Kier molecular flexibility index (Phi) is 5.71. The maximum Gasteiger partial charge on any atom is 0.127 e. The van der Waals surface area contributed by atoms with E-state index in [1.807, 2.05) is 17.0 Å². The average molecular weight is 278 g/mol. The number of nitrogens with one attached hydrogen (secondary N) is 1. The van der Waals surface area contributed by atoms with Gasteiger partial charge in [-0.05, 0) is 24.5 Å². The SMILES string of the molecule is C=CCN(CCO)Cc1cc(CNC2CC2)ccc1F. The molecule has 20 heavy (non-hydrogen) atoms. The van der Waals surface area contributed by atoms with Gasteiger partial charge in [0.2, 0.25) is 0 Å². The molecule has 0 saturated heterocycles. The summed E-state index contributed by atoms with van der Waals surface area (Å²) in [6.07, 6.45) is 4.27. The van der Waals surface area contributed by atoms with Crippen molar-refractivity contribution in [2.24, 2.45) is 0 Å². The smallest absolute Gasteiger partial charge is 0.127 e. The number of nitrogens with zero attached hydrogens (tertiary/aromatic N) is 1. The number of benzene rings is 1. The molecule has 0 heterocycles. The van der Waals surface area contributed by atoms with Gasteiger partial charge in [0, 0.05) is 37.8 Å². The zero-order valence-corrected chi connectivity index (χ0v) is 11.8. The zero-order chi connectivity index (χ0) is 14.4. The molecule has 1 saturated carbocycles. The predicted molar refractivity (Wildman–Crippen MR) is 78.8 cm³/mol. The summed E-state index contributed by atoms with van der Waals surface area (Å²) in [4.78, 5) is 1.98. The Balaban J connectivity index is 1.99. The Morgan fingerprint density at radius 3 is 2.90 bits per heavy atom. The van der Waals surface area contributed by atoms with E-state index in [0.717, 1.165) is 12.1 Å². The van der Waals surface area contributed by atoms with E-state index in [2.05, 4.69) is 11.9 Å². The van der Waals surface area contributed by atoms with Crippen LogP contribution >= 0.6 is 0 Å². The van der Waals surface area contributed by atoms with E-state index >= 15 is 0 Å². The number of hydrogen-bond donors (Lipinski definition) is 2. The van der Waals surface area contributed by atoms with Gasteiger partial charge in [0.1, 0.15) is 5.82 Å². The summed E-state index contributed by atoms with van der Waals surface area (Å²) in [7, 11) is 0. The largest absolute Gasteiger partial charge is 0.395 e. The average Bonchev–Trinajstić information content (AvgIpc) is 3.24. The lowest BCUT2D eigenvalue weighted by molar-refractivity contribution is 0.202. The maximum atomic E-state index is 13.9. The fourth-order valence-corrected chi connectivity index (χ4v) is 2.21. The Labute approximate surface area is 120 Å². The Bertz CT molecular complexity index is 446. The molecule has 1 aromatic carbocycles. The minimum atomic E-state index is -0.188. The lowest BCUT2D eigenvalue weighted by Crippen LogP contribution is -2.27. The zero-order valence-electron chi connectivity index (χ0n) is 11.8. The van der Waals surface area contributed by atoms with Crippen LogP contribution in [0.5, 0.6) is 0 Å². The summed E-state index contributed by atoms with van der Waals surface area (Å²) in [5, 5.41) is 12.5. The van der Waals surface area contributed by atoms with Crippen molar-refractivity contribution >= 4 is 0 Å². The molecule has 4 heteroatoms. The van der Waals surface area contributed by atoms with Gasteiger partial charge in [-0.1, -0.05) is 18.2 Å². The van der Waals surface area contributed by atoms with E-state index in [-0.39, 0.29) is 12.4 Å². The maximum absolute atomic E-state index is 13.9. The third-order valence-corrected chi connectivity index (χ3v) is 3.48. The highest BCUT2D eigenvalue weighted by Gasteiger charge is 2.20. The molecular weight excluding hydrogens is 255 g/mol. The van der Waals surface area contributed by atoms with Crippen molar-refractivity contribution in [1.29, 1.82) is 0 Å². The summed E-state index contributed by atoms with van der Waals surface area (Å²) in [5.41, 5.74) is 1.78. The van der Waals surface area contributed by atoms with Gasteiger partial charge in [-0.3, -0.25) is 4.90 Å². The molecule has 0 aliphatic heterocycles. The van der Waals surface area contributed by atoms with Crippen molar-refractivity contribution in [3.63, 3.8) is 0 Å². The van der Waals surface area contributed by atoms with Gasteiger partial charge in [-0.15, -0.1) is 6.58 Å². The molecule has 0 radical (unpaired) electrons. The molecule has 0 amide bonds. The first-order chi connectivity index (χ1) is 9.72. The van der Waals surface area contributed by atoms with Crippen molar-refractivity contribution in [3.8, 4) is 0 Å². The van der Waals surface area contributed by atoms with Crippen LogP contribution in [0.4, 0.5) is 4.39 Å². The van der Waals surface area contributed by atoms with E-state index in [9.17, 15) is 4.39 Å². The molecule has 0 unspecified atom stereocenters. The molecule has 0 bridgehead atoms. The Morgan fingerprint density at radius 1 is 1.45 bits per heavy atom. The van der Waals surface area contributed by atoms with Crippen LogP contribution in [0.15, 0.2) is 30.9 Å². The van der Waals surface area contributed by atoms with Crippen molar-refractivity contribution < 1.29 is 9.50 Å². The third kappa shape index (κ3) is 4.71.